The standard InChI is InChI=1S/C12H17N3O/c1-9-7-12(14-8-13-9)15-6-4-3-5-11(15)10(2)16/h7-8,11H,3-6H2,1-2H3. The Labute approximate surface area is 95.7 Å². The highest BCUT2D eigenvalue weighted by Gasteiger charge is 2.26. The van der Waals surface area contributed by atoms with Gasteiger partial charge in [0.2, 0.25) is 0 Å². The number of carbonyl (C=O) groups is 1. The number of anilines is 1. The number of ketones is 1. The van der Waals surface area contributed by atoms with Crippen molar-refractivity contribution in [1.29, 1.82) is 0 Å². The van der Waals surface area contributed by atoms with Crippen molar-refractivity contribution in [3.63, 3.8) is 0 Å². The van der Waals surface area contributed by atoms with Crippen LogP contribution in [-0.2, 0) is 4.79 Å². The average molecular weight is 219 g/mol. The van der Waals surface area contributed by atoms with Gasteiger partial charge in [-0.25, -0.2) is 9.97 Å². The van der Waals surface area contributed by atoms with Gasteiger partial charge in [0.25, 0.3) is 0 Å². The van der Waals surface area contributed by atoms with Gasteiger partial charge < -0.3 is 4.90 Å². The molecule has 0 aliphatic carbocycles. The van der Waals surface area contributed by atoms with E-state index < -0.39 is 0 Å². The molecule has 0 bridgehead atoms. The second-order valence-corrected chi connectivity index (χ2v) is 4.33. The molecule has 0 N–H and O–H groups in total. The number of hydrogen-bond donors (Lipinski definition) is 0. The normalized spacial score (nSPS) is 20.9. The minimum atomic E-state index is 0.00282. The fourth-order valence-corrected chi connectivity index (χ4v) is 2.23. The molecule has 0 spiro atoms. The van der Waals surface area contributed by atoms with Crippen LogP contribution in [0.4, 0.5) is 5.82 Å². The Morgan fingerprint density at radius 1 is 1.44 bits per heavy atom. The Hall–Kier alpha value is -1.45. The molecule has 0 saturated carbocycles. The van der Waals surface area contributed by atoms with Crippen molar-refractivity contribution in [3.05, 3.63) is 18.1 Å². The van der Waals surface area contributed by atoms with Crippen LogP contribution in [0.1, 0.15) is 31.9 Å². The van der Waals surface area contributed by atoms with E-state index in [2.05, 4.69) is 14.9 Å². The van der Waals surface area contributed by atoms with Crippen molar-refractivity contribution in [2.75, 3.05) is 11.4 Å². The SMILES string of the molecule is CC(=O)C1CCCCN1c1cc(C)ncn1. The monoisotopic (exact) mass is 219 g/mol. The number of hydrogen-bond acceptors (Lipinski definition) is 4. The van der Waals surface area contributed by atoms with Crippen molar-refractivity contribution < 1.29 is 4.79 Å². The number of piperidine rings is 1. The first-order valence-electron chi connectivity index (χ1n) is 5.74. The number of aromatic nitrogens is 2. The molecule has 0 aromatic carbocycles. The molecule has 2 rings (SSSR count). The van der Waals surface area contributed by atoms with Crippen molar-refractivity contribution >= 4 is 11.6 Å². The lowest BCUT2D eigenvalue weighted by atomic mass is 9.99. The Balaban J connectivity index is 2.26. The van der Waals surface area contributed by atoms with E-state index in [1.807, 2.05) is 13.0 Å². The van der Waals surface area contributed by atoms with Crippen LogP contribution in [0.15, 0.2) is 12.4 Å². The van der Waals surface area contributed by atoms with Crippen molar-refractivity contribution in [3.8, 4) is 0 Å². The molecule has 1 saturated heterocycles. The third-order valence-corrected chi connectivity index (χ3v) is 3.06. The van der Waals surface area contributed by atoms with Crippen LogP contribution < -0.4 is 4.90 Å². The summed E-state index contributed by atoms with van der Waals surface area (Å²) in [5, 5.41) is 0. The van der Waals surface area contributed by atoms with Gasteiger partial charge in [0.15, 0.2) is 5.78 Å². The van der Waals surface area contributed by atoms with E-state index >= 15 is 0 Å². The maximum Gasteiger partial charge on any atom is 0.152 e. The van der Waals surface area contributed by atoms with E-state index in [1.54, 1.807) is 13.3 Å². The van der Waals surface area contributed by atoms with E-state index in [1.165, 1.54) is 0 Å². The summed E-state index contributed by atoms with van der Waals surface area (Å²) in [6, 6.07) is 1.95. The van der Waals surface area contributed by atoms with Crippen LogP contribution >= 0.6 is 0 Å². The molecule has 1 aromatic heterocycles. The summed E-state index contributed by atoms with van der Waals surface area (Å²) in [5.74, 6) is 1.11. The summed E-state index contributed by atoms with van der Waals surface area (Å²) in [6.45, 7) is 4.52. The zero-order valence-electron chi connectivity index (χ0n) is 9.81. The van der Waals surface area contributed by atoms with Crippen molar-refractivity contribution in [2.45, 2.75) is 39.2 Å². The highest BCUT2D eigenvalue weighted by molar-refractivity contribution is 5.84. The third kappa shape index (κ3) is 2.21. The van der Waals surface area contributed by atoms with Crippen LogP contribution in [0.2, 0.25) is 0 Å². The molecular weight excluding hydrogens is 202 g/mol. The minimum Gasteiger partial charge on any atom is -0.346 e. The molecule has 1 unspecified atom stereocenters. The highest BCUT2D eigenvalue weighted by atomic mass is 16.1. The summed E-state index contributed by atoms with van der Waals surface area (Å²) in [6.07, 6.45) is 4.77. The maximum atomic E-state index is 11.6. The molecule has 16 heavy (non-hydrogen) atoms. The summed E-state index contributed by atoms with van der Waals surface area (Å²) >= 11 is 0. The molecular formula is C12H17N3O. The zero-order chi connectivity index (χ0) is 11.5. The van der Waals surface area contributed by atoms with E-state index in [0.717, 1.165) is 37.3 Å². The Bertz CT molecular complexity index is 392. The first-order chi connectivity index (χ1) is 7.68. The molecule has 86 valence electrons. The number of nitrogens with zero attached hydrogens (tertiary/aromatic N) is 3. The topological polar surface area (TPSA) is 46.1 Å². The first kappa shape index (κ1) is 11.0. The van der Waals surface area contributed by atoms with Gasteiger partial charge in [0.05, 0.1) is 6.04 Å². The predicted octanol–water partition coefficient (Wildman–Crippen LogP) is 1.73. The van der Waals surface area contributed by atoms with Gasteiger partial charge in [0, 0.05) is 18.3 Å². The molecule has 0 amide bonds. The van der Waals surface area contributed by atoms with Crippen LogP contribution in [0.25, 0.3) is 0 Å². The number of carbonyl (C=O) groups excluding carboxylic acids is 1. The van der Waals surface area contributed by atoms with Crippen LogP contribution in [-0.4, -0.2) is 28.3 Å². The fourth-order valence-electron chi connectivity index (χ4n) is 2.23. The summed E-state index contributed by atoms with van der Waals surface area (Å²) in [7, 11) is 0. The lowest BCUT2D eigenvalue weighted by Gasteiger charge is -2.35. The van der Waals surface area contributed by atoms with Gasteiger partial charge in [-0.05, 0) is 33.1 Å². The molecule has 1 aliphatic heterocycles. The lowest BCUT2D eigenvalue weighted by molar-refractivity contribution is -0.118. The summed E-state index contributed by atoms with van der Waals surface area (Å²) in [5.41, 5.74) is 0.942. The van der Waals surface area contributed by atoms with Gasteiger partial charge in [-0.15, -0.1) is 0 Å². The van der Waals surface area contributed by atoms with Gasteiger partial charge in [0.1, 0.15) is 12.1 Å². The Kier molecular flexibility index (Phi) is 3.17. The molecule has 1 aromatic rings. The number of rotatable bonds is 2. The van der Waals surface area contributed by atoms with E-state index in [0.29, 0.717) is 0 Å². The molecule has 1 fully saturated rings. The molecule has 2 heterocycles. The van der Waals surface area contributed by atoms with Gasteiger partial charge >= 0.3 is 0 Å². The molecule has 0 radical (unpaired) electrons. The number of Topliss-reactive ketones (excluding diaryl/α,β-unsaturated/α-hetero) is 1. The van der Waals surface area contributed by atoms with Crippen LogP contribution in [0, 0.1) is 6.92 Å². The van der Waals surface area contributed by atoms with Crippen molar-refractivity contribution in [2.24, 2.45) is 0 Å². The Morgan fingerprint density at radius 3 is 2.94 bits per heavy atom. The first-order valence-corrected chi connectivity index (χ1v) is 5.74. The van der Waals surface area contributed by atoms with E-state index in [-0.39, 0.29) is 11.8 Å². The smallest absolute Gasteiger partial charge is 0.152 e. The predicted molar refractivity (Wildman–Crippen MR) is 62.4 cm³/mol. The van der Waals surface area contributed by atoms with E-state index in [4.69, 9.17) is 0 Å². The largest absolute Gasteiger partial charge is 0.346 e. The van der Waals surface area contributed by atoms with Crippen LogP contribution in [0.5, 0.6) is 0 Å². The third-order valence-electron chi connectivity index (χ3n) is 3.06. The van der Waals surface area contributed by atoms with Gasteiger partial charge in [-0.1, -0.05) is 0 Å². The molecule has 1 atom stereocenters. The molecule has 4 heteroatoms. The number of aryl methyl sites for hydroxylation is 1. The van der Waals surface area contributed by atoms with Gasteiger partial charge in [-0.2, -0.15) is 0 Å². The maximum absolute atomic E-state index is 11.6. The summed E-state index contributed by atoms with van der Waals surface area (Å²) < 4.78 is 0. The van der Waals surface area contributed by atoms with Crippen LogP contribution in [0.3, 0.4) is 0 Å². The summed E-state index contributed by atoms with van der Waals surface area (Å²) in [4.78, 5) is 22.0. The quantitative estimate of drug-likeness (QED) is 0.760. The minimum absolute atomic E-state index is 0.00282. The average Bonchev–Trinajstić information content (AvgIpc) is 2.29. The highest BCUT2D eigenvalue weighted by Crippen LogP contribution is 2.23. The van der Waals surface area contributed by atoms with E-state index in [9.17, 15) is 4.79 Å². The Morgan fingerprint density at radius 2 is 2.25 bits per heavy atom. The second kappa shape index (κ2) is 4.60. The lowest BCUT2D eigenvalue weighted by Crippen LogP contribution is -2.44. The zero-order valence-corrected chi connectivity index (χ0v) is 9.81. The second-order valence-electron chi connectivity index (χ2n) is 4.33. The van der Waals surface area contributed by atoms with Crippen molar-refractivity contribution in [1.82, 2.24) is 9.97 Å². The molecule has 4 nitrogen and oxygen atoms in total. The fraction of sp³-hybridized carbons (Fsp3) is 0.583. The van der Waals surface area contributed by atoms with Gasteiger partial charge in [-0.3, -0.25) is 4.79 Å². The molecule has 1 aliphatic rings.